The third-order valence-corrected chi connectivity index (χ3v) is 6.41. The minimum Gasteiger partial charge on any atom is -0.372 e. The van der Waals surface area contributed by atoms with E-state index in [1.54, 1.807) is 31.2 Å². The van der Waals surface area contributed by atoms with E-state index in [-0.39, 0.29) is 5.91 Å². The lowest BCUT2D eigenvalue weighted by atomic mass is 10.1. The second-order valence-electron chi connectivity index (χ2n) is 7.19. The lowest BCUT2D eigenvalue weighted by Crippen LogP contribution is -2.47. The molecule has 29 heavy (non-hydrogen) atoms. The van der Waals surface area contributed by atoms with Crippen LogP contribution in [0.2, 0.25) is 5.02 Å². The highest BCUT2D eigenvalue weighted by Crippen LogP contribution is 2.27. The number of halogens is 1. The molecule has 156 valence electrons. The Kier molecular flexibility index (Phi) is 6.70. The van der Waals surface area contributed by atoms with Gasteiger partial charge in [-0.15, -0.1) is 0 Å². The molecular formula is C21H26ClN3O3S. The largest absolute Gasteiger partial charge is 0.372 e. The molecule has 6 nitrogen and oxygen atoms in total. The van der Waals surface area contributed by atoms with Crippen LogP contribution in [0.3, 0.4) is 0 Å². The van der Waals surface area contributed by atoms with Gasteiger partial charge < -0.3 is 10.2 Å². The standard InChI is InChI=1S/C21H26ClN3O3S/c1-3-20(25(29(2,27)28)19-8-6-7-16(22)15-19)21(26)23-17-9-11-18(12-10-17)24-13-4-5-14-24/h6-12,15,20H,3-5,13-14H2,1-2H3,(H,23,26)/t20-/m1/s1. The van der Waals surface area contributed by atoms with E-state index in [2.05, 4.69) is 10.2 Å². The molecule has 0 bridgehead atoms. The van der Waals surface area contributed by atoms with Crippen LogP contribution < -0.4 is 14.5 Å². The van der Waals surface area contributed by atoms with E-state index in [1.165, 1.54) is 12.8 Å². The van der Waals surface area contributed by atoms with Gasteiger partial charge in [-0.3, -0.25) is 9.10 Å². The number of sulfonamides is 1. The van der Waals surface area contributed by atoms with Crippen molar-refractivity contribution in [3.63, 3.8) is 0 Å². The zero-order valence-corrected chi connectivity index (χ0v) is 18.2. The van der Waals surface area contributed by atoms with Crippen LogP contribution in [0.1, 0.15) is 26.2 Å². The molecule has 0 radical (unpaired) electrons. The highest BCUT2D eigenvalue weighted by molar-refractivity contribution is 7.92. The van der Waals surface area contributed by atoms with Gasteiger partial charge in [-0.25, -0.2) is 8.42 Å². The molecule has 1 aliphatic heterocycles. The van der Waals surface area contributed by atoms with Crippen molar-refractivity contribution in [3.8, 4) is 0 Å². The Morgan fingerprint density at radius 1 is 1.17 bits per heavy atom. The van der Waals surface area contributed by atoms with E-state index in [9.17, 15) is 13.2 Å². The van der Waals surface area contributed by atoms with Gasteiger partial charge in [0, 0.05) is 29.5 Å². The number of amides is 1. The van der Waals surface area contributed by atoms with Gasteiger partial charge in [-0.2, -0.15) is 0 Å². The molecule has 0 aromatic heterocycles. The van der Waals surface area contributed by atoms with Gasteiger partial charge in [0.25, 0.3) is 0 Å². The summed E-state index contributed by atoms with van der Waals surface area (Å²) in [7, 11) is -3.69. The van der Waals surface area contributed by atoms with Crippen molar-refractivity contribution in [2.24, 2.45) is 0 Å². The van der Waals surface area contributed by atoms with Crippen LogP contribution in [0, 0.1) is 0 Å². The van der Waals surface area contributed by atoms with Crippen LogP contribution in [-0.4, -0.2) is 39.7 Å². The Labute approximate surface area is 177 Å². The van der Waals surface area contributed by atoms with Gasteiger partial charge in [0.1, 0.15) is 6.04 Å². The highest BCUT2D eigenvalue weighted by Gasteiger charge is 2.31. The van der Waals surface area contributed by atoms with Crippen LogP contribution in [0.4, 0.5) is 17.1 Å². The molecule has 2 aromatic carbocycles. The monoisotopic (exact) mass is 435 g/mol. The lowest BCUT2D eigenvalue weighted by molar-refractivity contribution is -0.117. The molecule has 1 heterocycles. The number of rotatable bonds is 7. The fourth-order valence-electron chi connectivity index (χ4n) is 3.63. The van der Waals surface area contributed by atoms with E-state index in [1.807, 2.05) is 24.3 Å². The zero-order valence-electron chi connectivity index (χ0n) is 16.6. The molecule has 1 amide bonds. The zero-order chi connectivity index (χ0) is 21.0. The SMILES string of the molecule is CC[C@H](C(=O)Nc1ccc(N2CCCC2)cc1)N(c1cccc(Cl)c1)S(C)(=O)=O. The predicted molar refractivity (Wildman–Crippen MR) is 119 cm³/mol. The smallest absolute Gasteiger partial charge is 0.248 e. The summed E-state index contributed by atoms with van der Waals surface area (Å²) in [5, 5.41) is 3.26. The first-order valence-corrected chi connectivity index (χ1v) is 11.9. The van der Waals surface area contributed by atoms with Crippen LogP contribution >= 0.6 is 11.6 Å². The number of nitrogens with one attached hydrogen (secondary N) is 1. The summed E-state index contributed by atoms with van der Waals surface area (Å²) < 4.78 is 26.1. The van der Waals surface area contributed by atoms with Crippen molar-refractivity contribution < 1.29 is 13.2 Å². The third-order valence-electron chi connectivity index (χ3n) is 5.00. The molecule has 0 aliphatic carbocycles. The second kappa shape index (κ2) is 9.05. The number of benzene rings is 2. The molecule has 1 saturated heterocycles. The topological polar surface area (TPSA) is 69.7 Å². The summed E-state index contributed by atoms with van der Waals surface area (Å²) in [5.74, 6) is -0.383. The van der Waals surface area contributed by atoms with Gasteiger partial charge in [-0.1, -0.05) is 24.6 Å². The number of carbonyl (C=O) groups excluding carboxylic acids is 1. The maximum Gasteiger partial charge on any atom is 0.248 e. The molecular weight excluding hydrogens is 410 g/mol. The average Bonchev–Trinajstić information content (AvgIpc) is 3.20. The average molecular weight is 436 g/mol. The quantitative estimate of drug-likeness (QED) is 0.710. The number of anilines is 3. The lowest BCUT2D eigenvalue weighted by Gasteiger charge is -2.30. The first-order valence-electron chi connectivity index (χ1n) is 9.70. The van der Waals surface area contributed by atoms with Crippen molar-refractivity contribution in [3.05, 3.63) is 53.6 Å². The molecule has 1 fully saturated rings. The Morgan fingerprint density at radius 3 is 2.38 bits per heavy atom. The van der Waals surface area contributed by atoms with Crippen LogP contribution in [-0.2, 0) is 14.8 Å². The number of hydrogen-bond acceptors (Lipinski definition) is 4. The van der Waals surface area contributed by atoms with E-state index in [4.69, 9.17) is 11.6 Å². The Balaban J connectivity index is 1.80. The minimum absolute atomic E-state index is 0.317. The molecule has 0 spiro atoms. The molecule has 2 aromatic rings. The van der Waals surface area contributed by atoms with Gasteiger partial charge in [0.05, 0.1) is 11.9 Å². The molecule has 8 heteroatoms. The fraction of sp³-hybridized carbons (Fsp3) is 0.381. The second-order valence-corrected chi connectivity index (χ2v) is 9.49. The normalized spacial score (nSPS) is 15.2. The van der Waals surface area contributed by atoms with Crippen molar-refractivity contribution in [2.75, 3.05) is 33.9 Å². The van der Waals surface area contributed by atoms with Crippen molar-refractivity contribution in [1.82, 2.24) is 0 Å². The van der Waals surface area contributed by atoms with Crippen LogP contribution in [0.5, 0.6) is 0 Å². The van der Waals surface area contributed by atoms with Crippen LogP contribution in [0.15, 0.2) is 48.5 Å². The molecule has 1 atom stereocenters. The fourth-order valence-corrected chi connectivity index (χ4v) is 5.02. The summed E-state index contributed by atoms with van der Waals surface area (Å²) in [6.07, 6.45) is 3.80. The molecule has 3 rings (SSSR count). The van der Waals surface area contributed by atoms with Crippen molar-refractivity contribution in [1.29, 1.82) is 0 Å². The maximum absolute atomic E-state index is 13.0. The van der Waals surface area contributed by atoms with E-state index in [0.29, 0.717) is 22.8 Å². The first-order chi connectivity index (χ1) is 13.8. The Morgan fingerprint density at radius 2 is 1.83 bits per heavy atom. The predicted octanol–water partition coefficient (Wildman–Crippen LogP) is 4.12. The first kappa shape index (κ1) is 21.5. The van der Waals surface area contributed by atoms with Gasteiger partial charge in [-0.05, 0) is 61.7 Å². The summed E-state index contributed by atoms with van der Waals surface area (Å²) in [6, 6.07) is 13.3. The Bertz CT molecular complexity index is 957. The van der Waals surface area contributed by atoms with E-state index >= 15 is 0 Å². The van der Waals surface area contributed by atoms with Crippen molar-refractivity contribution >= 4 is 44.6 Å². The summed E-state index contributed by atoms with van der Waals surface area (Å²) in [5.41, 5.74) is 2.13. The number of hydrogen-bond donors (Lipinski definition) is 1. The Hall–Kier alpha value is -2.25. The third kappa shape index (κ3) is 5.22. The highest BCUT2D eigenvalue weighted by atomic mass is 35.5. The maximum atomic E-state index is 13.0. The molecule has 0 saturated carbocycles. The van der Waals surface area contributed by atoms with Gasteiger partial charge in [0.15, 0.2) is 0 Å². The summed E-state index contributed by atoms with van der Waals surface area (Å²) in [4.78, 5) is 15.3. The number of carbonyl (C=O) groups is 1. The molecule has 0 unspecified atom stereocenters. The van der Waals surface area contributed by atoms with Crippen molar-refractivity contribution in [2.45, 2.75) is 32.2 Å². The number of nitrogens with zero attached hydrogens (tertiary/aromatic N) is 2. The van der Waals surface area contributed by atoms with Crippen LogP contribution in [0.25, 0.3) is 0 Å². The minimum atomic E-state index is -3.69. The molecule has 1 N–H and O–H groups in total. The van der Waals surface area contributed by atoms with E-state index in [0.717, 1.165) is 29.3 Å². The summed E-state index contributed by atoms with van der Waals surface area (Å²) >= 11 is 6.04. The summed E-state index contributed by atoms with van der Waals surface area (Å²) in [6.45, 7) is 3.88. The van der Waals surface area contributed by atoms with Gasteiger partial charge in [0.2, 0.25) is 15.9 Å². The molecule has 1 aliphatic rings. The van der Waals surface area contributed by atoms with E-state index < -0.39 is 16.1 Å². The van der Waals surface area contributed by atoms with Gasteiger partial charge >= 0.3 is 0 Å².